The van der Waals surface area contributed by atoms with Gasteiger partial charge in [-0.25, -0.2) is 4.98 Å². The number of methoxy groups -OCH3 is 3. The summed E-state index contributed by atoms with van der Waals surface area (Å²) in [7, 11) is 4.65. The second kappa shape index (κ2) is 10.3. The summed E-state index contributed by atoms with van der Waals surface area (Å²) in [5, 5.41) is 0.692. The number of halogens is 1. The minimum absolute atomic E-state index is 0.199. The smallest absolute Gasteiger partial charge is 0.292 e. The fourth-order valence-corrected chi connectivity index (χ4v) is 4.37. The van der Waals surface area contributed by atoms with Gasteiger partial charge >= 0.3 is 0 Å². The van der Waals surface area contributed by atoms with Crippen molar-refractivity contribution in [3.05, 3.63) is 53.1 Å². The highest BCUT2D eigenvalue weighted by Crippen LogP contribution is 2.42. The molecule has 0 N–H and O–H groups in total. The summed E-state index contributed by atoms with van der Waals surface area (Å²) in [6.45, 7) is 8.45. The Morgan fingerprint density at radius 3 is 2.14 bits per heavy atom. The van der Waals surface area contributed by atoms with E-state index in [4.69, 9.17) is 35.2 Å². The van der Waals surface area contributed by atoms with Gasteiger partial charge in [-0.15, -0.1) is 0 Å². The van der Waals surface area contributed by atoms with Gasteiger partial charge in [-0.05, 0) is 30.3 Å². The van der Waals surface area contributed by atoms with Crippen LogP contribution in [0.25, 0.3) is 11.3 Å². The SMILES string of the molecule is COc1cc(-c2nc(C(C)(C)C)oc2C(=O)N2CCN(c3cccc(Cl)c3)CC2)cc(OC)c1OC. The third kappa shape index (κ3) is 5.09. The molecule has 0 saturated carbocycles. The normalized spacial score (nSPS) is 14.1. The van der Waals surface area contributed by atoms with E-state index in [1.807, 2.05) is 45.0 Å². The average molecular weight is 514 g/mol. The van der Waals surface area contributed by atoms with Gasteiger partial charge in [-0.3, -0.25) is 4.79 Å². The zero-order valence-corrected chi connectivity index (χ0v) is 22.3. The van der Waals surface area contributed by atoms with Gasteiger partial charge in [-0.2, -0.15) is 0 Å². The summed E-state index contributed by atoms with van der Waals surface area (Å²) in [5.74, 6) is 1.89. The topological polar surface area (TPSA) is 77.3 Å². The molecule has 1 saturated heterocycles. The molecule has 0 spiro atoms. The summed E-state index contributed by atoms with van der Waals surface area (Å²) >= 11 is 6.16. The first kappa shape index (κ1) is 25.7. The zero-order valence-electron chi connectivity index (χ0n) is 21.6. The number of benzene rings is 2. The summed E-state index contributed by atoms with van der Waals surface area (Å²) < 4.78 is 22.6. The molecule has 8 nitrogen and oxygen atoms in total. The largest absolute Gasteiger partial charge is 0.493 e. The van der Waals surface area contributed by atoms with E-state index in [0.717, 1.165) is 5.69 Å². The van der Waals surface area contributed by atoms with Crippen LogP contribution in [-0.4, -0.2) is 63.3 Å². The highest BCUT2D eigenvalue weighted by atomic mass is 35.5. The van der Waals surface area contributed by atoms with Crippen molar-refractivity contribution in [3.63, 3.8) is 0 Å². The molecule has 2 heterocycles. The predicted molar refractivity (Wildman–Crippen MR) is 140 cm³/mol. The van der Waals surface area contributed by atoms with Gasteiger partial charge in [0.05, 0.1) is 21.3 Å². The Kier molecular flexibility index (Phi) is 7.36. The monoisotopic (exact) mass is 513 g/mol. The Labute approximate surface area is 216 Å². The third-order valence-corrected chi connectivity index (χ3v) is 6.38. The predicted octanol–water partition coefficient (Wildman–Crippen LogP) is 5.28. The maximum atomic E-state index is 13.7. The van der Waals surface area contributed by atoms with Gasteiger partial charge in [0.15, 0.2) is 11.5 Å². The molecule has 0 aliphatic carbocycles. The Hall–Kier alpha value is -3.39. The number of oxazole rings is 1. The van der Waals surface area contributed by atoms with Gasteiger partial charge in [-0.1, -0.05) is 38.4 Å². The highest BCUT2D eigenvalue weighted by Gasteiger charge is 2.32. The quantitative estimate of drug-likeness (QED) is 0.443. The first-order valence-electron chi connectivity index (χ1n) is 11.8. The van der Waals surface area contributed by atoms with Crippen molar-refractivity contribution in [1.29, 1.82) is 0 Å². The van der Waals surface area contributed by atoms with Crippen LogP contribution in [0.5, 0.6) is 17.2 Å². The van der Waals surface area contributed by atoms with Crippen molar-refractivity contribution in [2.24, 2.45) is 0 Å². The minimum atomic E-state index is -0.390. The number of carbonyl (C=O) groups is 1. The number of hydrogen-bond donors (Lipinski definition) is 0. The van der Waals surface area contributed by atoms with Crippen molar-refractivity contribution in [2.75, 3.05) is 52.4 Å². The lowest BCUT2D eigenvalue weighted by Gasteiger charge is -2.35. The minimum Gasteiger partial charge on any atom is -0.493 e. The lowest BCUT2D eigenvalue weighted by Crippen LogP contribution is -2.48. The van der Waals surface area contributed by atoms with Gasteiger partial charge in [0, 0.05) is 47.9 Å². The Morgan fingerprint density at radius 2 is 1.61 bits per heavy atom. The van der Waals surface area contributed by atoms with Crippen LogP contribution in [0.4, 0.5) is 5.69 Å². The van der Waals surface area contributed by atoms with E-state index in [0.29, 0.717) is 65.6 Å². The van der Waals surface area contributed by atoms with Crippen molar-refractivity contribution < 1.29 is 23.4 Å². The van der Waals surface area contributed by atoms with Crippen LogP contribution in [0.3, 0.4) is 0 Å². The fraction of sp³-hybridized carbons (Fsp3) is 0.407. The highest BCUT2D eigenvalue weighted by molar-refractivity contribution is 6.30. The maximum Gasteiger partial charge on any atom is 0.292 e. The van der Waals surface area contributed by atoms with E-state index < -0.39 is 0 Å². The van der Waals surface area contributed by atoms with E-state index >= 15 is 0 Å². The van der Waals surface area contributed by atoms with Crippen molar-refractivity contribution in [1.82, 2.24) is 9.88 Å². The molecule has 1 amide bonds. The van der Waals surface area contributed by atoms with Crippen LogP contribution in [0.1, 0.15) is 37.2 Å². The van der Waals surface area contributed by atoms with Crippen LogP contribution in [0.2, 0.25) is 5.02 Å². The lowest BCUT2D eigenvalue weighted by molar-refractivity contribution is 0.0712. The summed E-state index contributed by atoms with van der Waals surface area (Å²) in [6, 6.07) is 11.3. The van der Waals surface area contributed by atoms with Gasteiger partial charge < -0.3 is 28.4 Å². The van der Waals surface area contributed by atoms with E-state index in [1.165, 1.54) is 0 Å². The fourth-order valence-electron chi connectivity index (χ4n) is 4.18. The first-order chi connectivity index (χ1) is 17.2. The number of aromatic nitrogens is 1. The first-order valence-corrected chi connectivity index (χ1v) is 12.2. The molecule has 1 aromatic heterocycles. The number of ether oxygens (including phenoxy) is 3. The number of anilines is 1. The number of hydrogen-bond acceptors (Lipinski definition) is 7. The van der Waals surface area contributed by atoms with Crippen molar-refractivity contribution >= 4 is 23.2 Å². The number of amides is 1. The molecule has 192 valence electrons. The van der Waals surface area contributed by atoms with Crippen LogP contribution in [-0.2, 0) is 5.41 Å². The molecule has 2 aromatic carbocycles. The number of carbonyl (C=O) groups excluding carboxylic acids is 1. The lowest BCUT2D eigenvalue weighted by atomic mass is 9.97. The molecule has 3 aromatic rings. The second-order valence-corrected chi connectivity index (χ2v) is 10.1. The van der Waals surface area contributed by atoms with Crippen LogP contribution < -0.4 is 19.1 Å². The van der Waals surface area contributed by atoms with Crippen LogP contribution in [0, 0.1) is 0 Å². The molecule has 1 aliphatic heterocycles. The maximum absolute atomic E-state index is 13.7. The number of nitrogens with zero attached hydrogens (tertiary/aromatic N) is 3. The Balaban J connectivity index is 1.67. The standard InChI is InChI=1S/C27H32ClN3O5/c1-27(2,3)26-29-22(17-14-20(33-4)23(35-6)21(15-17)34-5)24(36-26)25(32)31-12-10-30(11-13-31)19-9-7-8-18(28)16-19/h7-9,14-16H,10-13H2,1-6H3. The van der Waals surface area contributed by atoms with Crippen molar-refractivity contribution in [3.8, 4) is 28.5 Å². The van der Waals surface area contributed by atoms with Crippen LogP contribution in [0.15, 0.2) is 40.8 Å². The molecule has 0 bridgehead atoms. The third-order valence-electron chi connectivity index (χ3n) is 6.14. The molecular weight excluding hydrogens is 482 g/mol. The molecule has 9 heteroatoms. The average Bonchev–Trinajstić information content (AvgIpc) is 3.33. The van der Waals surface area contributed by atoms with E-state index in [9.17, 15) is 4.79 Å². The molecule has 4 rings (SSSR count). The molecular formula is C27H32ClN3O5. The summed E-state index contributed by atoms with van der Waals surface area (Å²) in [5.41, 5.74) is 1.74. The second-order valence-electron chi connectivity index (χ2n) is 9.62. The molecule has 36 heavy (non-hydrogen) atoms. The van der Waals surface area contributed by atoms with Crippen molar-refractivity contribution in [2.45, 2.75) is 26.2 Å². The van der Waals surface area contributed by atoms with Gasteiger partial charge in [0.1, 0.15) is 5.69 Å². The zero-order chi connectivity index (χ0) is 26.0. The summed E-state index contributed by atoms with van der Waals surface area (Å²) in [4.78, 5) is 22.5. The van der Waals surface area contributed by atoms with Gasteiger partial charge in [0.25, 0.3) is 5.91 Å². The van der Waals surface area contributed by atoms with E-state index in [-0.39, 0.29) is 17.1 Å². The van der Waals surface area contributed by atoms with E-state index in [1.54, 1.807) is 38.4 Å². The van der Waals surface area contributed by atoms with E-state index in [2.05, 4.69) is 4.90 Å². The Bertz CT molecular complexity index is 1220. The Morgan fingerprint density at radius 1 is 0.972 bits per heavy atom. The van der Waals surface area contributed by atoms with Crippen LogP contribution >= 0.6 is 11.6 Å². The molecule has 0 unspecified atom stereocenters. The number of piperazine rings is 1. The molecule has 0 atom stereocenters. The molecule has 0 radical (unpaired) electrons. The molecule has 1 fully saturated rings. The molecule has 1 aliphatic rings. The summed E-state index contributed by atoms with van der Waals surface area (Å²) in [6.07, 6.45) is 0. The van der Waals surface area contributed by atoms with Gasteiger partial charge in [0.2, 0.25) is 17.4 Å². The number of rotatable bonds is 6.